The standard InChI is InChI=1S/C19H30O7S/c1-27(20,21)22-10-7-13-5-6-16-18(24-13)11-14(23-16)17-15(12-18)25-19(26-17)8-3-2-4-9-19/h13-17H,2-12H2,1H3/t13?,14?,15-,16+,17+,18-/m1/s1. The zero-order chi connectivity index (χ0) is 18.7. The van der Waals surface area contributed by atoms with Gasteiger partial charge in [-0.2, -0.15) is 8.42 Å². The Labute approximate surface area is 161 Å². The van der Waals surface area contributed by atoms with Crippen molar-refractivity contribution in [3.63, 3.8) is 0 Å². The number of rotatable bonds is 4. The predicted molar refractivity (Wildman–Crippen MR) is 95.7 cm³/mol. The Morgan fingerprint density at radius 3 is 2.56 bits per heavy atom. The fourth-order valence-electron chi connectivity index (χ4n) is 5.86. The van der Waals surface area contributed by atoms with Crippen LogP contribution < -0.4 is 0 Å². The van der Waals surface area contributed by atoms with E-state index in [1.807, 2.05) is 0 Å². The first-order valence-electron chi connectivity index (χ1n) is 10.4. The van der Waals surface area contributed by atoms with Gasteiger partial charge < -0.3 is 18.9 Å². The average Bonchev–Trinajstić information content (AvgIpc) is 3.10. The van der Waals surface area contributed by atoms with Gasteiger partial charge in [-0.25, -0.2) is 0 Å². The minimum atomic E-state index is -3.41. The van der Waals surface area contributed by atoms with Crippen molar-refractivity contribution in [3.05, 3.63) is 0 Å². The lowest BCUT2D eigenvalue weighted by molar-refractivity contribution is -0.215. The maximum absolute atomic E-state index is 11.2. The zero-order valence-corrected chi connectivity index (χ0v) is 16.7. The summed E-state index contributed by atoms with van der Waals surface area (Å²) in [5, 5.41) is 0. The molecule has 2 unspecified atom stereocenters. The van der Waals surface area contributed by atoms with Gasteiger partial charge in [-0.05, 0) is 32.1 Å². The minimum absolute atomic E-state index is 0.00728. The molecular formula is C19H30O7S. The molecule has 0 aromatic carbocycles. The second-order valence-corrected chi connectivity index (χ2v) is 10.6. The highest BCUT2D eigenvalue weighted by Crippen LogP contribution is 2.55. The van der Waals surface area contributed by atoms with E-state index < -0.39 is 15.9 Å². The van der Waals surface area contributed by atoms with E-state index in [9.17, 15) is 8.42 Å². The molecule has 2 aliphatic carbocycles. The molecule has 2 spiro atoms. The fourth-order valence-corrected chi connectivity index (χ4v) is 6.26. The van der Waals surface area contributed by atoms with Crippen molar-refractivity contribution in [3.8, 4) is 0 Å². The molecular weight excluding hydrogens is 372 g/mol. The normalized spacial score (nSPS) is 45.6. The summed E-state index contributed by atoms with van der Waals surface area (Å²) < 4.78 is 53.1. The van der Waals surface area contributed by atoms with Gasteiger partial charge in [0, 0.05) is 25.7 Å². The molecule has 3 saturated heterocycles. The molecule has 154 valence electrons. The van der Waals surface area contributed by atoms with E-state index in [1.165, 1.54) is 6.42 Å². The minimum Gasteiger partial charge on any atom is -0.369 e. The fraction of sp³-hybridized carbons (Fsp3) is 1.00. The summed E-state index contributed by atoms with van der Waals surface area (Å²) in [6, 6.07) is 0. The van der Waals surface area contributed by atoms with Crippen LogP contribution in [0.4, 0.5) is 0 Å². The monoisotopic (exact) mass is 402 g/mol. The van der Waals surface area contributed by atoms with Crippen molar-refractivity contribution in [1.82, 2.24) is 0 Å². The van der Waals surface area contributed by atoms with Crippen molar-refractivity contribution in [1.29, 1.82) is 0 Å². The number of hydrogen-bond acceptors (Lipinski definition) is 7. The summed E-state index contributed by atoms with van der Waals surface area (Å²) in [7, 11) is -3.41. The molecule has 3 heterocycles. The summed E-state index contributed by atoms with van der Waals surface area (Å²) in [6.45, 7) is 0.170. The molecule has 3 aliphatic heterocycles. The molecule has 7 nitrogen and oxygen atoms in total. The average molecular weight is 403 g/mol. The summed E-state index contributed by atoms with van der Waals surface area (Å²) in [5.74, 6) is -0.398. The molecule has 27 heavy (non-hydrogen) atoms. The van der Waals surface area contributed by atoms with Gasteiger partial charge in [0.1, 0.15) is 6.10 Å². The van der Waals surface area contributed by atoms with Gasteiger partial charge in [-0.3, -0.25) is 4.18 Å². The summed E-state index contributed by atoms with van der Waals surface area (Å²) in [5.41, 5.74) is -0.316. The van der Waals surface area contributed by atoms with E-state index in [-0.39, 0.29) is 42.7 Å². The van der Waals surface area contributed by atoms with Crippen LogP contribution in [0.25, 0.3) is 0 Å². The first-order chi connectivity index (χ1) is 12.9. The maximum Gasteiger partial charge on any atom is 0.264 e. The van der Waals surface area contributed by atoms with Crippen LogP contribution in [0.1, 0.15) is 64.2 Å². The molecule has 0 aromatic heterocycles. The van der Waals surface area contributed by atoms with Gasteiger partial charge in [-0.15, -0.1) is 0 Å². The number of ether oxygens (including phenoxy) is 4. The van der Waals surface area contributed by atoms with Crippen molar-refractivity contribution >= 4 is 10.1 Å². The van der Waals surface area contributed by atoms with E-state index >= 15 is 0 Å². The number of hydrogen-bond donors (Lipinski definition) is 0. The third-order valence-electron chi connectivity index (χ3n) is 6.97. The first kappa shape index (κ1) is 18.8. The summed E-state index contributed by atoms with van der Waals surface area (Å²) in [4.78, 5) is 0. The van der Waals surface area contributed by atoms with E-state index in [4.69, 9.17) is 23.1 Å². The van der Waals surface area contributed by atoms with Crippen LogP contribution in [0.15, 0.2) is 0 Å². The third kappa shape index (κ3) is 3.46. The highest BCUT2D eigenvalue weighted by Gasteiger charge is 2.65. The lowest BCUT2D eigenvalue weighted by Gasteiger charge is -2.44. The summed E-state index contributed by atoms with van der Waals surface area (Å²) in [6.07, 6.45) is 10.9. The van der Waals surface area contributed by atoms with Crippen molar-refractivity contribution in [2.45, 2.75) is 106 Å². The Morgan fingerprint density at radius 1 is 1.00 bits per heavy atom. The molecule has 0 radical (unpaired) electrons. The van der Waals surface area contributed by atoms with Gasteiger partial charge >= 0.3 is 0 Å². The molecule has 0 N–H and O–H groups in total. The molecule has 6 atom stereocenters. The van der Waals surface area contributed by atoms with E-state index in [0.29, 0.717) is 6.42 Å². The molecule has 2 saturated carbocycles. The third-order valence-corrected chi connectivity index (χ3v) is 7.57. The van der Waals surface area contributed by atoms with Gasteiger partial charge in [0.15, 0.2) is 5.79 Å². The maximum atomic E-state index is 11.2. The smallest absolute Gasteiger partial charge is 0.264 e. The van der Waals surface area contributed by atoms with Crippen LogP contribution in [0.3, 0.4) is 0 Å². The highest BCUT2D eigenvalue weighted by molar-refractivity contribution is 7.85. The van der Waals surface area contributed by atoms with Crippen LogP contribution in [0, 0.1) is 0 Å². The Balaban J connectivity index is 1.26. The van der Waals surface area contributed by atoms with Crippen LogP contribution in [0.2, 0.25) is 0 Å². The molecule has 0 amide bonds. The van der Waals surface area contributed by atoms with E-state index in [1.54, 1.807) is 0 Å². The molecule has 5 fully saturated rings. The SMILES string of the molecule is CS(=O)(=O)OCCC1CC[C@@H]2OC3C[C@]2(C[C@H]2OC4(CCCCC4)O[C@@H]32)O1. The van der Waals surface area contributed by atoms with Crippen LogP contribution in [-0.4, -0.2) is 63.2 Å². The Hall–Kier alpha value is -0.250. The molecule has 2 bridgehead atoms. The quantitative estimate of drug-likeness (QED) is 0.667. The van der Waals surface area contributed by atoms with E-state index in [2.05, 4.69) is 0 Å². The van der Waals surface area contributed by atoms with Crippen molar-refractivity contribution in [2.24, 2.45) is 0 Å². The van der Waals surface area contributed by atoms with Gasteiger partial charge in [0.25, 0.3) is 10.1 Å². The Bertz CT molecular complexity index is 674. The van der Waals surface area contributed by atoms with Crippen LogP contribution in [-0.2, 0) is 33.2 Å². The highest BCUT2D eigenvalue weighted by atomic mass is 32.2. The zero-order valence-electron chi connectivity index (χ0n) is 15.9. The lowest BCUT2D eigenvalue weighted by atomic mass is 9.76. The Kier molecular flexibility index (Phi) is 4.61. The van der Waals surface area contributed by atoms with Gasteiger partial charge in [0.2, 0.25) is 0 Å². The molecule has 5 rings (SSSR count). The van der Waals surface area contributed by atoms with Gasteiger partial charge in [0.05, 0.1) is 42.9 Å². The Morgan fingerprint density at radius 2 is 1.78 bits per heavy atom. The largest absolute Gasteiger partial charge is 0.369 e. The van der Waals surface area contributed by atoms with Crippen molar-refractivity contribution < 1.29 is 31.5 Å². The molecule has 8 heteroatoms. The predicted octanol–water partition coefficient (Wildman–Crippen LogP) is 2.28. The lowest BCUT2D eigenvalue weighted by Crippen LogP contribution is -2.53. The topological polar surface area (TPSA) is 80.3 Å². The van der Waals surface area contributed by atoms with Gasteiger partial charge in [-0.1, -0.05) is 6.42 Å². The van der Waals surface area contributed by atoms with Crippen LogP contribution in [0.5, 0.6) is 0 Å². The molecule has 5 aliphatic rings. The summed E-state index contributed by atoms with van der Waals surface area (Å²) >= 11 is 0. The molecule has 0 aromatic rings. The van der Waals surface area contributed by atoms with Crippen molar-refractivity contribution in [2.75, 3.05) is 12.9 Å². The van der Waals surface area contributed by atoms with E-state index in [0.717, 1.165) is 57.6 Å². The van der Waals surface area contributed by atoms with Crippen LogP contribution >= 0.6 is 0 Å². The second-order valence-electron chi connectivity index (χ2n) is 8.98. The second kappa shape index (κ2) is 6.64. The first-order valence-corrected chi connectivity index (χ1v) is 12.2. The number of fused-ring (bicyclic) bond motifs is 3.